The van der Waals surface area contributed by atoms with Crippen molar-refractivity contribution in [3.8, 4) is 5.75 Å². The number of benzene rings is 2. The fourth-order valence-electron chi connectivity index (χ4n) is 4.57. The first kappa shape index (κ1) is 20.5. The Morgan fingerprint density at radius 2 is 1.50 bits per heavy atom. The van der Waals surface area contributed by atoms with Gasteiger partial charge in [-0.25, -0.2) is 0 Å². The largest absolute Gasteiger partial charge is 0.506 e. The molecule has 0 atom stereocenters. The average Bonchev–Trinajstić information content (AvgIpc) is 2.77. The number of piperazine rings is 2. The summed E-state index contributed by atoms with van der Waals surface area (Å²) in [7, 11) is 0. The number of phenols is 1. The van der Waals surface area contributed by atoms with Gasteiger partial charge in [-0.1, -0.05) is 24.3 Å². The van der Waals surface area contributed by atoms with Gasteiger partial charge in [-0.2, -0.15) is 0 Å². The van der Waals surface area contributed by atoms with E-state index in [1.165, 1.54) is 21.7 Å². The molecule has 2 aromatic rings. The van der Waals surface area contributed by atoms with Crippen LogP contribution in [0.3, 0.4) is 0 Å². The van der Waals surface area contributed by atoms with E-state index < -0.39 is 0 Å². The summed E-state index contributed by atoms with van der Waals surface area (Å²) in [5.41, 5.74) is 4.85. The van der Waals surface area contributed by atoms with Crippen molar-refractivity contribution in [2.24, 2.45) is 0 Å². The molecule has 0 bridgehead atoms. The summed E-state index contributed by atoms with van der Waals surface area (Å²) in [6, 6.07) is 14.0. The van der Waals surface area contributed by atoms with Crippen molar-refractivity contribution in [2.75, 3.05) is 68.7 Å². The van der Waals surface area contributed by atoms with Gasteiger partial charge in [-0.3, -0.25) is 4.79 Å². The number of carbonyl (C=O) groups is 1. The van der Waals surface area contributed by atoms with E-state index in [1.807, 2.05) is 23.1 Å². The minimum Gasteiger partial charge on any atom is -0.506 e. The highest BCUT2D eigenvalue weighted by molar-refractivity contribution is 5.77. The third-order valence-electron chi connectivity index (χ3n) is 6.64. The third kappa shape index (κ3) is 4.38. The standard InChI is InChI=1S/C24H32N4O2/c1-19-6-5-8-21(20(19)2)26-14-16-28(17-15-26)24(30)18-25-10-12-27(13-11-25)22-7-3-4-9-23(22)29/h3-9,29H,10-18H2,1-2H3/p+1. The molecule has 2 heterocycles. The monoisotopic (exact) mass is 409 g/mol. The molecule has 0 unspecified atom stereocenters. The van der Waals surface area contributed by atoms with Crippen molar-refractivity contribution in [1.29, 1.82) is 0 Å². The molecule has 1 amide bonds. The van der Waals surface area contributed by atoms with Crippen LogP contribution in [0, 0.1) is 13.8 Å². The first-order valence-corrected chi connectivity index (χ1v) is 11.0. The Hall–Kier alpha value is -2.73. The highest BCUT2D eigenvalue weighted by Crippen LogP contribution is 2.26. The van der Waals surface area contributed by atoms with E-state index in [2.05, 4.69) is 41.8 Å². The number of hydrogen-bond donors (Lipinski definition) is 2. The van der Waals surface area contributed by atoms with Crippen LogP contribution < -0.4 is 14.7 Å². The molecule has 160 valence electrons. The molecular weight excluding hydrogens is 376 g/mol. The minimum absolute atomic E-state index is 0.265. The lowest BCUT2D eigenvalue weighted by Gasteiger charge is -2.38. The van der Waals surface area contributed by atoms with Gasteiger partial charge >= 0.3 is 0 Å². The second-order valence-corrected chi connectivity index (χ2v) is 8.49. The van der Waals surface area contributed by atoms with Crippen molar-refractivity contribution in [2.45, 2.75) is 13.8 Å². The molecule has 0 aromatic heterocycles. The summed E-state index contributed by atoms with van der Waals surface area (Å²) >= 11 is 0. The zero-order valence-electron chi connectivity index (χ0n) is 18.1. The lowest BCUT2D eigenvalue weighted by molar-refractivity contribution is -0.892. The van der Waals surface area contributed by atoms with Crippen molar-refractivity contribution in [1.82, 2.24) is 4.90 Å². The van der Waals surface area contributed by atoms with E-state index in [-0.39, 0.29) is 5.91 Å². The molecule has 6 heteroatoms. The molecule has 0 radical (unpaired) electrons. The highest BCUT2D eigenvalue weighted by Gasteiger charge is 2.28. The summed E-state index contributed by atoms with van der Waals surface area (Å²) in [5, 5.41) is 10.1. The van der Waals surface area contributed by atoms with Gasteiger partial charge in [0.25, 0.3) is 5.91 Å². The third-order valence-corrected chi connectivity index (χ3v) is 6.64. The van der Waals surface area contributed by atoms with E-state index >= 15 is 0 Å². The minimum atomic E-state index is 0.265. The van der Waals surface area contributed by atoms with Crippen molar-refractivity contribution in [3.05, 3.63) is 53.6 Å². The topological polar surface area (TPSA) is 51.5 Å². The molecule has 0 aliphatic carbocycles. The Morgan fingerprint density at radius 1 is 0.867 bits per heavy atom. The maximum absolute atomic E-state index is 12.9. The van der Waals surface area contributed by atoms with Crippen molar-refractivity contribution in [3.63, 3.8) is 0 Å². The highest BCUT2D eigenvalue weighted by atomic mass is 16.3. The zero-order chi connectivity index (χ0) is 21.1. The second-order valence-electron chi connectivity index (χ2n) is 8.49. The lowest BCUT2D eigenvalue weighted by atomic mass is 10.1. The molecule has 2 aromatic carbocycles. The molecule has 30 heavy (non-hydrogen) atoms. The van der Waals surface area contributed by atoms with Crippen LogP contribution >= 0.6 is 0 Å². The fraction of sp³-hybridized carbons (Fsp3) is 0.458. The summed E-state index contributed by atoms with van der Waals surface area (Å²) in [5.74, 6) is 0.598. The Balaban J connectivity index is 1.26. The van der Waals surface area contributed by atoms with Gasteiger partial charge in [0.05, 0.1) is 31.9 Å². The van der Waals surface area contributed by atoms with Gasteiger partial charge in [0, 0.05) is 31.9 Å². The number of nitrogens with one attached hydrogen (secondary N) is 1. The van der Waals surface area contributed by atoms with Gasteiger partial charge in [-0.05, 0) is 43.2 Å². The molecule has 2 aliphatic rings. The number of aryl methyl sites for hydroxylation is 1. The molecule has 0 saturated carbocycles. The molecule has 2 saturated heterocycles. The lowest BCUT2D eigenvalue weighted by Crippen LogP contribution is -3.16. The maximum Gasteiger partial charge on any atom is 0.277 e. The van der Waals surface area contributed by atoms with Crippen LogP contribution in [0.4, 0.5) is 11.4 Å². The summed E-state index contributed by atoms with van der Waals surface area (Å²) in [4.78, 5) is 20.9. The second kappa shape index (κ2) is 8.96. The first-order chi connectivity index (χ1) is 14.5. The van der Waals surface area contributed by atoms with Gasteiger partial charge in [0.15, 0.2) is 6.54 Å². The number of amides is 1. The van der Waals surface area contributed by atoms with Crippen LogP contribution in [0.2, 0.25) is 0 Å². The number of nitrogens with zero attached hydrogens (tertiary/aromatic N) is 3. The smallest absolute Gasteiger partial charge is 0.277 e. The normalized spacial score (nSPS) is 18.0. The molecule has 2 fully saturated rings. The predicted molar refractivity (Wildman–Crippen MR) is 121 cm³/mol. The number of para-hydroxylation sites is 2. The zero-order valence-corrected chi connectivity index (χ0v) is 18.1. The molecule has 6 nitrogen and oxygen atoms in total. The summed E-state index contributed by atoms with van der Waals surface area (Å²) < 4.78 is 0. The molecular formula is C24H33N4O2+. The molecule has 2 aliphatic heterocycles. The van der Waals surface area contributed by atoms with Crippen LogP contribution in [-0.2, 0) is 4.79 Å². The van der Waals surface area contributed by atoms with Crippen molar-refractivity contribution >= 4 is 17.3 Å². The Morgan fingerprint density at radius 3 is 2.20 bits per heavy atom. The van der Waals surface area contributed by atoms with Gasteiger partial charge in [-0.15, -0.1) is 0 Å². The number of aromatic hydroxyl groups is 1. The number of rotatable bonds is 4. The summed E-state index contributed by atoms with van der Waals surface area (Å²) in [6.45, 7) is 11.8. The first-order valence-electron chi connectivity index (χ1n) is 11.0. The summed E-state index contributed by atoms with van der Waals surface area (Å²) in [6.07, 6.45) is 0. The SMILES string of the molecule is Cc1cccc(N2CCN(C(=O)C[NH+]3CCN(c4ccccc4O)CC3)CC2)c1C. The van der Waals surface area contributed by atoms with Gasteiger partial charge < -0.3 is 24.7 Å². The fourth-order valence-corrected chi connectivity index (χ4v) is 4.57. The van der Waals surface area contributed by atoms with E-state index in [4.69, 9.17) is 0 Å². The van der Waals surface area contributed by atoms with Gasteiger partial charge in [0.2, 0.25) is 0 Å². The van der Waals surface area contributed by atoms with Gasteiger partial charge in [0.1, 0.15) is 5.75 Å². The van der Waals surface area contributed by atoms with Crippen molar-refractivity contribution < 1.29 is 14.8 Å². The van der Waals surface area contributed by atoms with Crippen LogP contribution in [0.5, 0.6) is 5.75 Å². The Kier molecular flexibility index (Phi) is 6.13. The van der Waals surface area contributed by atoms with Crippen LogP contribution in [0.1, 0.15) is 11.1 Å². The van der Waals surface area contributed by atoms with E-state index in [1.54, 1.807) is 6.07 Å². The molecule has 2 N–H and O–H groups in total. The average molecular weight is 410 g/mol. The van der Waals surface area contributed by atoms with Crippen LogP contribution in [0.25, 0.3) is 0 Å². The number of phenolic OH excluding ortho intramolecular Hbond substituents is 1. The van der Waals surface area contributed by atoms with E-state index in [9.17, 15) is 9.90 Å². The predicted octanol–water partition coefficient (Wildman–Crippen LogP) is 1.06. The maximum atomic E-state index is 12.9. The number of hydrogen-bond acceptors (Lipinski definition) is 4. The Bertz CT molecular complexity index is 885. The number of carbonyl (C=O) groups excluding carboxylic acids is 1. The van der Waals surface area contributed by atoms with E-state index in [0.717, 1.165) is 58.0 Å². The molecule has 0 spiro atoms. The van der Waals surface area contributed by atoms with Crippen LogP contribution in [0.15, 0.2) is 42.5 Å². The number of quaternary nitrogens is 1. The molecule has 4 rings (SSSR count). The Labute approximate surface area is 179 Å². The van der Waals surface area contributed by atoms with Crippen LogP contribution in [-0.4, -0.2) is 74.8 Å². The van der Waals surface area contributed by atoms with E-state index in [0.29, 0.717) is 12.3 Å². The number of anilines is 2. The quantitative estimate of drug-likeness (QED) is 0.793.